The van der Waals surface area contributed by atoms with E-state index in [9.17, 15) is 4.79 Å². The van der Waals surface area contributed by atoms with Crippen molar-refractivity contribution in [3.63, 3.8) is 0 Å². The minimum Gasteiger partial charge on any atom is -0.293 e. The molecule has 0 aliphatic heterocycles. The molecule has 5 nitrogen and oxygen atoms in total. The van der Waals surface area contributed by atoms with E-state index in [2.05, 4.69) is 15.3 Å². The predicted octanol–water partition coefficient (Wildman–Crippen LogP) is 4.48. The van der Waals surface area contributed by atoms with Crippen molar-refractivity contribution in [2.45, 2.75) is 5.03 Å². The van der Waals surface area contributed by atoms with Gasteiger partial charge in [0.2, 0.25) is 0 Å². The Morgan fingerprint density at radius 2 is 1.96 bits per heavy atom. The number of halogens is 1. The third kappa shape index (κ3) is 3.44. The van der Waals surface area contributed by atoms with Crippen molar-refractivity contribution in [3.8, 4) is 10.7 Å². The van der Waals surface area contributed by atoms with Gasteiger partial charge in [-0.15, -0.1) is 21.5 Å². The van der Waals surface area contributed by atoms with E-state index < -0.39 is 0 Å². The average Bonchev–Trinajstić information content (AvgIpc) is 3.29. The zero-order chi connectivity index (χ0) is 17.2. The zero-order valence-corrected chi connectivity index (χ0v) is 15.2. The van der Waals surface area contributed by atoms with Gasteiger partial charge in [-0.2, -0.15) is 9.61 Å². The summed E-state index contributed by atoms with van der Waals surface area (Å²) in [6.07, 6.45) is 0. The molecule has 0 bridgehead atoms. The topological polar surface area (TPSA) is 60.2 Å². The van der Waals surface area contributed by atoms with Crippen LogP contribution >= 0.6 is 34.7 Å². The van der Waals surface area contributed by atoms with Crippen LogP contribution < -0.4 is 0 Å². The molecule has 0 atom stereocenters. The van der Waals surface area contributed by atoms with Crippen LogP contribution in [0.25, 0.3) is 16.3 Å². The molecular formula is C17H11ClN4OS2. The summed E-state index contributed by atoms with van der Waals surface area (Å²) in [5, 5.41) is 16.2. The molecule has 0 aliphatic rings. The van der Waals surface area contributed by atoms with Crippen LogP contribution in [0.15, 0.2) is 58.9 Å². The smallest absolute Gasteiger partial charge is 0.195 e. The molecule has 0 saturated carbocycles. The Morgan fingerprint density at radius 3 is 2.72 bits per heavy atom. The van der Waals surface area contributed by atoms with Crippen LogP contribution in [0.4, 0.5) is 0 Å². The van der Waals surface area contributed by atoms with Gasteiger partial charge in [0.05, 0.1) is 10.6 Å². The van der Waals surface area contributed by atoms with Crippen LogP contribution in [-0.4, -0.2) is 31.3 Å². The number of hydrogen-bond acceptors (Lipinski definition) is 6. The number of thiophene rings is 1. The van der Waals surface area contributed by atoms with Crippen LogP contribution in [-0.2, 0) is 0 Å². The first kappa shape index (κ1) is 16.3. The number of carbonyl (C=O) groups excluding carboxylic acids is 1. The first-order valence-electron chi connectivity index (χ1n) is 7.38. The highest BCUT2D eigenvalue weighted by Gasteiger charge is 2.12. The quantitative estimate of drug-likeness (QED) is 0.374. The molecule has 0 amide bonds. The van der Waals surface area contributed by atoms with Crippen LogP contribution in [0.2, 0.25) is 5.02 Å². The molecule has 124 valence electrons. The summed E-state index contributed by atoms with van der Waals surface area (Å²) in [5.41, 5.74) is 1.32. The van der Waals surface area contributed by atoms with E-state index in [1.54, 1.807) is 40.1 Å². The van der Waals surface area contributed by atoms with Gasteiger partial charge in [-0.05, 0) is 47.8 Å². The highest BCUT2D eigenvalue weighted by molar-refractivity contribution is 7.99. The Kier molecular flexibility index (Phi) is 4.52. The number of rotatable bonds is 5. The Bertz CT molecular complexity index is 1030. The van der Waals surface area contributed by atoms with Crippen molar-refractivity contribution in [2.75, 3.05) is 5.75 Å². The Labute approximate surface area is 156 Å². The van der Waals surface area contributed by atoms with Gasteiger partial charge in [0.25, 0.3) is 0 Å². The second-order valence-corrected chi connectivity index (χ2v) is 7.54. The van der Waals surface area contributed by atoms with Gasteiger partial charge in [0.1, 0.15) is 5.03 Å². The number of carbonyl (C=O) groups is 1. The number of nitrogens with zero attached hydrogens (tertiary/aromatic N) is 4. The second-order valence-electron chi connectivity index (χ2n) is 5.16. The van der Waals surface area contributed by atoms with E-state index >= 15 is 0 Å². The van der Waals surface area contributed by atoms with Crippen molar-refractivity contribution in [1.82, 2.24) is 19.8 Å². The molecule has 0 N–H and O–H groups in total. The Hall–Kier alpha value is -2.22. The van der Waals surface area contributed by atoms with Gasteiger partial charge >= 0.3 is 0 Å². The van der Waals surface area contributed by atoms with Crippen LogP contribution in [0.3, 0.4) is 0 Å². The molecule has 3 heterocycles. The lowest BCUT2D eigenvalue weighted by Crippen LogP contribution is -2.03. The maximum atomic E-state index is 12.3. The summed E-state index contributed by atoms with van der Waals surface area (Å²) in [7, 11) is 0. The molecule has 0 aliphatic carbocycles. The van der Waals surface area contributed by atoms with Crippen LogP contribution in [0, 0.1) is 0 Å². The summed E-state index contributed by atoms with van der Waals surface area (Å²) >= 11 is 8.82. The van der Waals surface area contributed by atoms with E-state index in [-0.39, 0.29) is 5.78 Å². The highest BCUT2D eigenvalue weighted by Crippen LogP contribution is 2.24. The molecule has 25 heavy (non-hydrogen) atoms. The number of thioether (sulfide) groups is 1. The van der Waals surface area contributed by atoms with Gasteiger partial charge in [0.15, 0.2) is 17.3 Å². The fraction of sp³-hybridized carbons (Fsp3) is 0.0588. The van der Waals surface area contributed by atoms with Crippen molar-refractivity contribution in [1.29, 1.82) is 0 Å². The zero-order valence-electron chi connectivity index (χ0n) is 12.8. The number of benzene rings is 1. The lowest BCUT2D eigenvalue weighted by molar-refractivity contribution is 0.102. The fourth-order valence-electron chi connectivity index (χ4n) is 2.27. The van der Waals surface area contributed by atoms with Gasteiger partial charge in [-0.25, -0.2) is 0 Å². The van der Waals surface area contributed by atoms with Gasteiger partial charge in [-0.1, -0.05) is 29.4 Å². The summed E-state index contributed by atoms with van der Waals surface area (Å²) in [5.74, 6) is 1.04. The van der Waals surface area contributed by atoms with Crippen LogP contribution in [0.1, 0.15) is 10.4 Å². The summed E-state index contributed by atoms with van der Waals surface area (Å²) in [6, 6.07) is 14.5. The van der Waals surface area contributed by atoms with Crippen molar-refractivity contribution in [3.05, 3.63) is 64.5 Å². The predicted molar refractivity (Wildman–Crippen MR) is 101 cm³/mol. The number of hydrogen-bond donors (Lipinski definition) is 0. The largest absolute Gasteiger partial charge is 0.293 e. The number of Topliss-reactive ketones (excluding diaryl/α,β-unsaturated/α-hetero) is 1. The molecule has 0 unspecified atom stereocenters. The number of aromatic nitrogens is 4. The van der Waals surface area contributed by atoms with Crippen LogP contribution in [0.5, 0.6) is 0 Å². The lowest BCUT2D eigenvalue weighted by Gasteiger charge is -2.03. The molecule has 0 spiro atoms. The number of fused-ring (bicyclic) bond motifs is 1. The van der Waals surface area contributed by atoms with Crippen molar-refractivity contribution >= 4 is 46.1 Å². The second kappa shape index (κ2) is 6.95. The standard InChI is InChI=1S/C17H11ClN4OS2/c18-12-5-3-11(4-6-12)13(23)10-25-16-8-7-15-19-20-17(22(15)21-16)14-2-1-9-24-14/h1-9H,10H2. The molecule has 0 fully saturated rings. The minimum absolute atomic E-state index is 0.0331. The number of ketones is 1. The third-order valence-electron chi connectivity index (χ3n) is 3.50. The molecule has 4 aromatic rings. The normalized spacial score (nSPS) is 11.1. The monoisotopic (exact) mass is 386 g/mol. The molecule has 1 aromatic carbocycles. The van der Waals surface area contributed by atoms with Gasteiger partial charge in [-0.3, -0.25) is 4.79 Å². The summed E-state index contributed by atoms with van der Waals surface area (Å²) in [4.78, 5) is 13.3. The van der Waals surface area contributed by atoms with Crippen molar-refractivity contribution < 1.29 is 4.79 Å². The average molecular weight is 387 g/mol. The van der Waals surface area contributed by atoms with Crippen molar-refractivity contribution in [2.24, 2.45) is 0 Å². The van der Waals surface area contributed by atoms with E-state index in [4.69, 9.17) is 11.6 Å². The van der Waals surface area contributed by atoms with E-state index in [1.165, 1.54) is 11.8 Å². The lowest BCUT2D eigenvalue weighted by atomic mass is 10.1. The Balaban J connectivity index is 1.54. The molecular weight excluding hydrogens is 376 g/mol. The summed E-state index contributed by atoms with van der Waals surface area (Å²) < 4.78 is 1.71. The highest BCUT2D eigenvalue weighted by atomic mass is 35.5. The molecule has 3 aromatic heterocycles. The van der Waals surface area contributed by atoms with E-state index in [1.807, 2.05) is 29.6 Å². The first-order valence-corrected chi connectivity index (χ1v) is 9.63. The molecule has 4 rings (SSSR count). The molecule has 0 radical (unpaired) electrons. The minimum atomic E-state index is 0.0331. The summed E-state index contributed by atoms with van der Waals surface area (Å²) in [6.45, 7) is 0. The Morgan fingerprint density at radius 1 is 1.12 bits per heavy atom. The first-order chi connectivity index (χ1) is 12.2. The SMILES string of the molecule is O=C(CSc1ccc2nnc(-c3cccs3)n2n1)c1ccc(Cl)cc1. The van der Waals surface area contributed by atoms with E-state index in [0.29, 0.717) is 27.8 Å². The maximum absolute atomic E-state index is 12.3. The van der Waals surface area contributed by atoms with E-state index in [0.717, 1.165) is 9.90 Å². The fourth-order valence-corrected chi connectivity index (χ4v) is 3.84. The third-order valence-corrected chi connectivity index (χ3v) is 5.54. The van der Waals surface area contributed by atoms with Gasteiger partial charge < -0.3 is 0 Å². The van der Waals surface area contributed by atoms with Gasteiger partial charge in [0, 0.05) is 10.6 Å². The maximum Gasteiger partial charge on any atom is 0.195 e. The molecule has 8 heteroatoms. The molecule has 0 saturated heterocycles.